The van der Waals surface area contributed by atoms with E-state index in [0.29, 0.717) is 18.8 Å². The lowest BCUT2D eigenvalue weighted by molar-refractivity contribution is -0.126. The number of nitrogens with two attached hydrogens (primary N) is 1. The minimum Gasteiger partial charge on any atom is -0.373 e. The Hall–Kier alpha value is -1.48. The van der Waals surface area contributed by atoms with Gasteiger partial charge in [-0.15, -0.1) is 0 Å². The fraction of sp³-hybridized carbons (Fsp3) is 0.533. The second-order valence-electron chi connectivity index (χ2n) is 5.95. The third kappa shape index (κ3) is 4.74. The number of carbonyl (C=O) groups is 1. The topological polar surface area (TPSA) is 102 Å². The Labute approximate surface area is 136 Å². The molecule has 1 aromatic rings. The molecule has 1 aliphatic heterocycles. The molecule has 1 amide bonds. The molecule has 0 radical (unpaired) electrons. The number of benzene rings is 1. The van der Waals surface area contributed by atoms with Crippen LogP contribution in [-0.2, 0) is 19.6 Å². The molecule has 0 unspecified atom stereocenters. The summed E-state index contributed by atoms with van der Waals surface area (Å²) in [5, 5.41) is 7.84. The quantitative estimate of drug-likeness (QED) is 0.842. The van der Waals surface area contributed by atoms with Crippen molar-refractivity contribution in [1.82, 2.24) is 4.90 Å². The van der Waals surface area contributed by atoms with Crippen LogP contribution >= 0.6 is 0 Å². The highest BCUT2D eigenvalue weighted by atomic mass is 32.2. The van der Waals surface area contributed by atoms with E-state index >= 15 is 0 Å². The largest absolute Gasteiger partial charge is 0.373 e. The summed E-state index contributed by atoms with van der Waals surface area (Å²) >= 11 is 0. The van der Waals surface area contributed by atoms with Gasteiger partial charge in [-0.3, -0.25) is 9.69 Å². The lowest BCUT2D eigenvalue weighted by Gasteiger charge is -2.38. The fourth-order valence-corrected chi connectivity index (χ4v) is 3.19. The first kappa shape index (κ1) is 17.9. The summed E-state index contributed by atoms with van der Waals surface area (Å²) in [7, 11) is -3.73. The smallest absolute Gasteiger partial charge is 0.241 e. The summed E-state index contributed by atoms with van der Waals surface area (Å²) in [5.41, 5.74) is 0.531. The van der Waals surface area contributed by atoms with Crippen molar-refractivity contribution < 1.29 is 17.9 Å². The van der Waals surface area contributed by atoms with Gasteiger partial charge in [-0.05, 0) is 45.0 Å². The molecule has 7 nitrogen and oxygen atoms in total. The minimum atomic E-state index is -3.73. The highest BCUT2D eigenvalue weighted by Crippen LogP contribution is 2.16. The number of nitrogens with one attached hydrogen (secondary N) is 1. The zero-order valence-corrected chi connectivity index (χ0v) is 14.3. The number of primary sulfonamides is 1. The Morgan fingerprint density at radius 1 is 1.26 bits per heavy atom. The molecule has 3 atom stereocenters. The zero-order valence-electron chi connectivity index (χ0n) is 13.5. The van der Waals surface area contributed by atoms with Gasteiger partial charge in [0.05, 0.1) is 23.1 Å². The van der Waals surface area contributed by atoms with Crippen molar-refractivity contribution in [2.24, 2.45) is 5.14 Å². The van der Waals surface area contributed by atoms with E-state index in [1.165, 1.54) is 24.3 Å². The number of carbonyl (C=O) groups excluding carboxylic acids is 1. The van der Waals surface area contributed by atoms with Gasteiger partial charge in [0.15, 0.2) is 0 Å². The number of ether oxygens (including phenoxy) is 1. The van der Waals surface area contributed by atoms with Gasteiger partial charge in [0, 0.05) is 18.8 Å². The summed E-state index contributed by atoms with van der Waals surface area (Å²) in [4.78, 5) is 14.5. The van der Waals surface area contributed by atoms with Gasteiger partial charge in [0.1, 0.15) is 0 Å². The van der Waals surface area contributed by atoms with Crippen LogP contribution in [0.2, 0.25) is 0 Å². The number of sulfonamides is 1. The van der Waals surface area contributed by atoms with Crippen molar-refractivity contribution in [2.45, 2.75) is 43.9 Å². The summed E-state index contributed by atoms with van der Waals surface area (Å²) < 4.78 is 28.1. The lowest BCUT2D eigenvalue weighted by atomic mass is 10.1. The van der Waals surface area contributed by atoms with Crippen molar-refractivity contribution in [1.29, 1.82) is 0 Å². The fourth-order valence-electron chi connectivity index (χ4n) is 2.67. The molecule has 0 aliphatic carbocycles. The number of rotatable bonds is 4. The van der Waals surface area contributed by atoms with Crippen molar-refractivity contribution in [3.05, 3.63) is 24.3 Å². The molecule has 0 saturated carbocycles. The van der Waals surface area contributed by atoms with Crippen molar-refractivity contribution in [2.75, 3.05) is 18.4 Å². The number of amides is 1. The van der Waals surface area contributed by atoms with Gasteiger partial charge in [0.2, 0.25) is 15.9 Å². The van der Waals surface area contributed by atoms with Crippen molar-refractivity contribution in [3.63, 3.8) is 0 Å². The third-order valence-electron chi connectivity index (χ3n) is 3.83. The lowest BCUT2D eigenvalue weighted by Crippen LogP contribution is -2.52. The van der Waals surface area contributed by atoms with E-state index < -0.39 is 10.0 Å². The molecule has 0 bridgehead atoms. The summed E-state index contributed by atoms with van der Waals surface area (Å²) in [5.74, 6) is -0.144. The molecular weight excluding hydrogens is 318 g/mol. The van der Waals surface area contributed by atoms with Crippen LogP contribution < -0.4 is 10.5 Å². The maximum Gasteiger partial charge on any atom is 0.241 e. The highest BCUT2D eigenvalue weighted by Gasteiger charge is 2.29. The van der Waals surface area contributed by atoms with E-state index in [9.17, 15) is 13.2 Å². The van der Waals surface area contributed by atoms with E-state index in [0.717, 1.165) is 0 Å². The average Bonchev–Trinajstić information content (AvgIpc) is 2.45. The van der Waals surface area contributed by atoms with E-state index in [2.05, 4.69) is 10.2 Å². The van der Waals surface area contributed by atoms with Gasteiger partial charge < -0.3 is 10.1 Å². The normalized spacial score (nSPS) is 24.2. The molecule has 0 spiro atoms. The van der Waals surface area contributed by atoms with Crippen LogP contribution in [0.4, 0.5) is 5.69 Å². The van der Waals surface area contributed by atoms with Crippen LogP contribution in [0.15, 0.2) is 29.2 Å². The first-order valence-electron chi connectivity index (χ1n) is 7.50. The van der Waals surface area contributed by atoms with E-state index in [-0.39, 0.29) is 29.1 Å². The number of nitrogens with zero attached hydrogens (tertiary/aromatic N) is 1. The summed E-state index contributed by atoms with van der Waals surface area (Å²) in [6, 6.07) is 5.48. The van der Waals surface area contributed by atoms with Crippen LogP contribution in [0, 0.1) is 0 Å². The summed E-state index contributed by atoms with van der Waals surface area (Å²) in [6.45, 7) is 7.21. The van der Waals surface area contributed by atoms with Gasteiger partial charge in [0.25, 0.3) is 0 Å². The van der Waals surface area contributed by atoms with Gasteiger partial charge >= 0.3 is 0 Å². The molecular formula is C15H23N3O4S. The van der Waals surface area contributed by atoms with Crippen molar-refractivity contribution >= 4 is 21.6 Å². The zero-order chi connectivity index (χ0) is 17.2. The van der Waals surface area contributed by atoms with Crippen LogP contribution in [0.25, 0.3) is 0 Å². The summed E-state index contributed by atoms with van der Waals surface area (Å²) in [6.07, 6.45) is 0.172. The van der Waals surface area contributed by atoms with Crippen LogP contribution in [0.5, 0.6) is 0 Å². The monoisotopic (exact) mass is 341 g/mol. The van der Waals surface area contributed by atoms with Crippen LogP contribution in [-0.4, -0.2) is 50.6 Å². The molecule has 2 rings (SSSR count). The maximum absolute atomic E-state index is 12.4. The molecule has 1 fully saturated rings. The van der Waals surface area contributed by atoms with Crippen molar-refractivity contribution in [3.8, 4) is 0 Å². The Balaban J connectivity index is 2.01. The maximum atomic E-state index is 12.4. The predicted molar refractivity (Wildman–Crippen MR) is 87.5 cm³/mol. The number of morpholine rings is 1. The molecule has 8 heteroatoms. The Morgan fingerprint density at radius 3 is 2.26 bits per heavy atom. The minimum absolute atomic E-state index is 0.0133. The molecule has 1 saturated heterocycles. The average molecular weight is 341 g/mol. The van der Waals surface area contributed by atoms with E-state index in [1.807, 2.05) is 20.8 Å². The molecule has 23 heavy (non-hydrogen) atoms. The third-order valence-corrected chi connectivity index (χ3v) is 4.75. The van der Waals surface area contributed by atoms with Gasteiger partial charge in [-0.25, -0.2) is 13.6 Å². The standard InChI is InChI=1S/C15H23N3O4S/c1-10-8-18(9-11(2)22-10)12(3)15(19)17-13-4-6-14(7-5-13)23(16,20)21/h4-7,10-12H,8-9H2,1-3H3,(H,17,19)(H2,16,20,21)/t10-,11+,12-/m0/s1. The number of hydrogen-bond acceptors (Lipinski definition) is 5. The number of anilines is 1. The van der Waals surface area contributed by atoms with E-state index in [1.54, 1.807) is 0 Å². The van der Waals surface area contributed by atoms with E-state index in [4.69, 9.17) is 9.88 Å². The predicted octanol–water partition coefficient (Wildman–Crippen LogP) is 0.770. The Bertz CT molecular complexity index is 650. The Morgan fingerprint density at radius 2 is 1.78 bits per heavy atom. The SMILES string of the molecule is C[C@@H]1CN([C@@H](C)C(=O)Nc2ccc(S(N)(=O)=O)cc2)C[C@H](C)O1. The molecule has 1 aromatic carbocycles. The molecule has 0 aromatic heterocycles. The highest BCUT2D eigenvalue weighted by molar-refractivity contribution is 7.89. The Kier molecular flexibility index (Phi) is 5.41. The van der Waals surface area contributed by atoms with Crippen LogP contribution in [0.1, 0.15) is 20.8 Å². The van der Waals surface area contributed by atoms with Gasteiger partial charge in [-0.1, -0.05) is 0 Å². The molecule has 3 N–H and O–H groups in total. The van der Waals surface area contributed by atoms with Crippen LogP contribution in [0.3, 0.4) is 0 Å². The second kappa shape index (κ2) is 6.96. The number of hydrogen-bond donors (Lipinski definition) is 2. The first-order valence-corrected chi connectivity index (χ1v) is 9.04. The second-order valence-corrected chi connectivity index (χ2v) is 7.51. The first-order chi connectivity index (χ1) is 10.7. The van der Waals surface area contributed by atoms with Gasteiger partial charge in [-0.2, -0.15) is 0 Å². The molecule has 1 heterocycles. The molecule has 128 valence electrons. The molecule has 1 aliphatic rings.